The molecule has 10 nitrogen and oxygen atoms in total. The number of esters is 2. The average molecular weight is 901 g/mol. The van der Waals surface area contributed by atoms with E-state index in [0.717, 1.165) is 17.0 Å². The summed E-state index contributed by atoms with van der Waals surface area (Å²) in [4.78, 5) is 82.6. The van der Waals surface area contributed by atoms with Gasteiger partial charge in [0, 0.05) is 5.54 Å². The van der Waals surface area contributed by atoms with Crippen molar-refractivity contribution in [1.82, 2.24) is 4.90 Å². The molecule has 1 atom stereocenters. The van der Waals surface area contributed by atoms with Gasteiger partial charge in [-0.15, -0.1) is 0 Å². The second-order valence-corrected chi connectivity index (χ2v) is 20.9. The number of ether oxygens (including phenoxy) is 2. The number of carbonyl (C=O) groups is 6. The summed E-state index contributed by atoms with van der Waals surface area (Å²) >= 11 is 0. The van der Waals surface area contributed by atoms with Gasteiger partial charge >= 0.3 is 24.3 Å². The first-order valence-corrected chi connectivity index (χ1v) is 20.6. The van der Waals surface area contributed by atoms with Gasteiger partial charge in [0.2, 0.25) is 5.41 Å². The molecule has 5 rings (SSSR count). The van der Waals surface area contributed by atoms with Gasteiger partial charge in [0.25, 0.3) is 23.6 Å². The van der Waals surface area contributed by atoms with Crippen LogP contribution in [-0.2, 0) is 25.1 Å². The van der Waals surface area contributed by atoms with Crippen molar-refractivity contribution in [3.8, 4) is 0 Å². The SMILES string of the molecule is CC(C)(C)CC(C)(C(=O)OCCOC(=O)c1cc(N2C(=O)c3ccc(C(c4ccc5c(c4)C(=O)N(C(C)(C)C)C5=O)(C(F)(F)F)C(F)(F)F)cc3C2=O)cc(C(C)(C)C)c1)C(C)(C)C. The Morgan fingerprint density at radius 3 is 1.45 bits per heavy atom. The first kappa shape index (κ1) is 49.5. The highest BCUT2D eigenvalue weighted by atomic mass is 19.4. The summed E-state index contributed by atoms with van der Waals surface area (Å²) in [5.41, 5.74) is -13.6. The number of hydrogen-bond acceptors (Lipinski definition) is 8. The molecule has 0 aromatic heterocycles. The fourth-order valence-electron chi connectivity index (χ4n) is 8.28. The van der Waals surface area contributed by atoms with E-state index in [1.807, 2.05) is 48.5 Å². The Hall–Kier alpha value is -5.54. The molecule has 0 saturated heterocycles. The number of hydrogen-bond donors (Lipinski definition) is 0. The monoisotopic (exact) mass is 900 g/mol. The van der Waals surface area contributed by atoms with E-state index in [9.17, 15) is 28.8 Å². The van der Waals surface area contributed by atoms with E-state index in [0.29, 0.717) is 47.2 Å². The van der Waals surface area contributed by atoms with Crippen LogP contribution in [0.3, 0.4) is 0 Å². The number of fused-ring (bicyclic) bond motifs is 2. The molecule has 2 aliphatic rings. The predicted octanol–water partition coefficient (Wildman–Crippen LogP) is 10.8. The van der Waals surface area contributed by atoms with Crippen molar-refractivity contribution in [2.24, 2.45) is 16.2 Å². The Morgan fingerprint density at radius 1 is 0.547 bits per heavy atom. The Balaban J connectivity index is 1.51. The third-order valence-corrected chi connectivity index (χ3v) is 12.0. The van der Waals surface area contributed by atoms with Crippen LogP contribution in [0.25, 0.3) is 0 Å². The standard InChI is InChI=1S/C48H54F6N2O8/c1-41(2,3)25-45(13,43(7,8)9)40(62)64-19-18-63-39(61)26-20-29(42(4,5)6)22-30(21-26)55-35(57)31-16-14-27(23-33(31)36(55)58)46(47(49,50)51,48(52,53)54)28-15-17-32-34(24-28)38(60)56(37(32)59)44(10,11)12/h14-17,20-24H,18-19,25H2,1-13H3. The van der Waals surface area contributed by atoms with Gasteiger partial charge in [-0.1, -0.05) is 74.4 Å². The van der Waals surface area contributed by atoms with Gasteiger partial charge < -0.3 is 9.47 Å². The Labute approximate surface area is 368 Å². The van der Waals surface area contributed by atoms with Crippen LogP contribution < -0.4 is 4.90 Å². The lowest BCUT2D eigenvalue weighted by atomic mass is 9.61. The molecule has 0 N–H and O–H groups in total. The number of rotatable bonds is 9. The zero-order valence-corrected chi connectivity index (χ0v) is 38.2. The van der Waals surface area contributed by atoms with Gasteiger partial charge in [-0.3, -0.25) is 28.9 Å². The molecule has 2 heterocycles. The molecule has 4 amide bonds. The van der Waals surface area contributed by atoms with E-state index in [-0.39, 0.29) is 35.4 Å². The highest BCUT2D eigenvalue weighted by molar-refractivity contribution is 6.34. The lowest BCUT2D eigenvalue weighted by molar-refractivity contribution is -0.288. The number of halogens is 6. The average Bonchev–Trinajstić information content (AvgIpc) is 3.53. The van der Waals surface area contributed by atoms with E-state index >= 15 is 26.3 Å². The van der Waals surface area contributed by atoms with Crippen molar-refractivity contribution in [2.45, 2.75) is 125 Å². The first-order chi connectivity index (χ1) is 28.9. The molecule has 3 aromatic rings. The Bertz CT molecular complexity index is 2430. The molecular formula is C48H54F6N2O8. The van der Waals surface area contributed by atoms with Gasteiger partial charge in [-0.25, -0.2) is 9.69 Å². The van der Waals surface area contributed by atoms with E-state index in [1.165, 1.54) is 32.9 Å². The molecule has 0 spiro atoms. The van der Waals surface area contributed by atoms with Crippen molar-refractivity contribution in [2.75, 3.05) is 18.1 Å². The summed E-state index contributed by atoms with van der Waals surface area (Å²) in [5, 5.41) is 0. The summed E-state index contributed by atoms with van der Waals surface area (Å²) in [6.45, 7) is 22.7. The smallest absolute Gasteiger partial charge is 0.411 e. The molecule has 3 aromatic carbocycles. The highest BCUT2D eigenvalue weighted by Crippen LogP contribution is 2.57. The number of anilines is 1. The molecule has 0 fully saturated rings. The van der Waals surface area contributed by atoms with Crippen molar-refractivity contribution >= 4 is 41.3 Å². The minimum absolute atomic E-state index is 0.152. The summed E-state index contributed by atoms with van der Waals surface area (Å²) in [7, 11) is 0. The molecule has 1 unspecified atom stereocenters. The quantitative estimate of drug-likeness (QED) is 0.0899. The minimum atomic E-state index is -6.15. The molecule has 0 bridgehead atoms. The largest absolute Gasteiger partial charge is 0.462 e. The summed E-state index contributed by atoms with van der Waals surface area (Å²) < 4.78 is 103. The molecule has 64 heavy (non-hydrogen) atoms. The molecule has 0 saturated carbocycles. The number of imide groups is 2. The van der Waals surface area contributed by atoms with Crippen molar-refractivity contribution in [3.63, 3.8) is 0 Å². The Kier molecular flexibility index (Phi) is 12.3. The van der Waals surface area contributed by atoms with Crippen molar-refractivity contribution in [1.29, 1.82) is 0 Å². The molecule has 346 valence electrons. The van der Waals surface area contributed by atoms with Gasteiger partial charge in [0.15, 0.2) is 0 Å². The van der Waals surface area contributed by atoms with Crippen LogP contribution in [-0.4, -0.2) is 71.6 Å². The van der Waals surface area contributed by atoms with Gasteiger partial charge in [0.05, 0.1) is 38.9 Å². The normalized spacial score (nSPS) is 16.2. The van der Waals surface area contributed by atoms with E-state index < -0.39 is 103 Å². The second kappa shape index (κ2) is 15.9. The van der Waals surface area contributed by atoms with Gasteiger partial charge in [0.1, 0.15) is 13.2 Å². The van der Waals surface area contributed by atoms with Crippen molar-refractivity contribution < 1.29 is 64.6 Å². The van der Waals surface area contributed by atoms with Gasteiger partial charge in [-0.05, 0) is 110 Å². The van der Waals surface area contributed by atoms with E-state index in [2.05, 4.69) is 0 Å². The number of amides is 4. The van der Waals surface area contributed by atoms with Crippen LogP contribution in [0, 0.1) is 16.2 Å². The third kappa shape index (κ3) is 8.56. The highest BCUT2D eigenvalue weighted by Gasteiger charge is 2.73. The maximum atomic E-state index is 15.4. The van der Waals surface area contributed by atoms with Crippen molar-refractivity contribution in [3.05, 3.63) is 99.1 Å². The third-order valence-electron chi connectivity index (χ3n) is 12.0. The number of alkyl halides is 6. The van der Waals surface area contributed by atoms with Crippen LogP contribution in [0.15, 0.2) is 54.6 Å². The lowest BCUT2D eigenvalue weighted by Crippen LogP contribution is -2.55. The molecule has 0 aliphatic carbocycles. The zero-order chi connectivity index (χ0) is 48.7. The summed E-state index contributed by atoms with van der Waals surface area (Å²) in [5.74, 6) is -5.76. The summed E-state index contributed by atoms with van der Waals surface area (Å²) in [6.07, 6.45) is -11.8. The molecule has 2 aliphatic heterocycles. The molecular weight excluding hydrogens is 847 g/mol. The Morgan fingerprint density at radius 2 is 1.00 bits per heavy atom. The van der Waals surface area contributed by atoms with Crippen LogP contribution in [0.2, 0.25) is 0 Å². The van der Waals surface area contributed by atoms with Crippen LogP contribution in [0.5, 0.6) is 0 Å². The topological polar surface area (TPSA) is 127 Å². The second-order valence-electron chi connectivity index (χ2n) is 20.9. The van der Waals surface area contributed by atoms with Gasteiger partial charge in [-0.2, -0.15) is 26.3 Å². The minimum Gasteiger partial charge on any atom is -0.462 e. The van der Waals surface area contributed by atoms with Crippen LogP contribution >= 0.6 is 0 Å². The maximum absolute atomic E-state index is 15.4. The fourth-order valence-corrected chi connectivity index (χ4v) is 8.28. The summed E-state index contributed by atoms with van der Waals surface area (Å²) in [6, 6.07) is 7.07. The van der Waals surface area contributed by atoms with E-state index in [1.54, 1.807) is 20.8 Å². The predicted molar refractivity (Wildman–Crippen MR) is 225 cm³/mol. The number of nitrogens with zero attached hydrogens (tertiary/aromatic N) is 2. The molecule has 16 heteroatoms. The lowest BCUT2D eigenvalue weighted by Gasteiger charge is -2.43. The fraction of sp³-hybridized carbons (Fsp3) is 0.500. The first-order valence-electron chi connectivity index (χ1n) is 20.6. The molecule has 0 radical (unpaired) electrons. The van der Waals surface area contributed by atoms with Crippen LogP contribution in [0.4, 0.5) is 32.0 Å². The number of benzene rings is 3. The maximum Gasteiger partial charge on any atom is 0.411 e. The number of carbonyl (C=O) groups excluding carboxylic acids is 6. The van der Waals surface area contributed by atoms with Crippen LogP contribution in [0.1, 0.15) is 165 Å². The van der Waals surface area contributed by atoms with E-state index in [4.69, 9.17) is 9.47 Å². The zero-order valence-electron chi connectivity index (χ0n) is 38.2.